The third-order valence-electron chi connectivity index (χ3n) is 6.60. The van der Waals surface area contributed by atoms with E-state index in [1.807, 2.05) is 12.3 Å². The first-order valence-corrected chi connectivity index (χ1v) is 11.2. The van der Waals surface area contributed by atoms with Crippen molar-refractivity contribution in [3.05, 3.63) is 59.3 Å². The molecule has 0 bridgehead atoms. The number of aromatic nitrogens is 1. The number of carboxylic acid groups (broad SMARTS) is 1. The number of fused-ring (bicyclic) bond motifs is 2. The Morgan fingerprint density at radius 1 is 1.06 bits per heavy atom. The van der Waals surface area contributed by atoms with Gasteiger partial charge in [0, 0.05) is 55.4 Å². The van der Waals surface area contributed by atoms with E-state index >= 15 is 0 Å². The Hall–Kier alpha value is -2.99. The van der Waals surface area contributed by atoms with Crippen molar-refractivity contribution in [3.8, 4) is 5.75 Å². The van der Waals surface area contributed by atoms with Crippen molar-refractivity contribution in [1.29, 1.82) is 0 Å². The number of unbranched alkanes of at least 4 members (excludes halogenated alkanes) is 1. The van der Waals surface area contributed by atoms with Crippen LogP contribution in [-0.2, 0) is 12.8 Å². The monoisotopic (exact) mass is 419 g/mol. The first-order chi connectivity index (χ1) is 15.2. The summed E-state index contributed by atoms with van der Waals surface area (Å²) in [5, 5.41) is 10.3. The number of hydrogen-bond donors (Lipinski definition) is 2. The Morgan fingerprint density at radius 2 is 1.94 bits per heavy atom. The van der Waals surface area contributed by atoms with E-state index in [1.54, 1.807) is 12.1 Å². The second-order valence-electron chi connectivity index (χ2n) is 8.56. The lowest BCUT2D eigenvalue weighted by Crippen LogP contribution is -2.46. The van der Waals surface area contributed by atoms with Crippen molar-refractivity contribution in [3.63, 3.8) is 0 Å². The maximum absolute atomic E-state index is 11.3. The van der Waals surface area contributed by atoms with E-state index < -0.39 is 5.97 Å². The molecule has 6 heteroatoms. The number of piperazine rings is 1. The minimum Gasteiger partial charge on any atom is -0.493 e. The molecule has 1 aromatic heterocycles. The molecular formula is C25H29N3O3. The third kappa shape index (κ3) is 4.26. The van der Waals surface area contributed by atoms with Gasteiger partial charge in [-0.3, -0.25) is 4.90 Å². The summed E-state index contributed by atoms with van der Waals surface area (Å²) in [6.45, 7) is 6.27. The first kappa shape index (κ1) is 19.9. The number of carbonyl (C=O) groups is 1. The summed E-state index contributed by atoms with van der Waals surface area (Å²) in [5.41, 5.74) is 5.23. The molecule has 3 heterocycles. The second-order valence-corrected chi connectivity index (χ2v) is 8.56. The molecule has 0 aliphatic carbocycles. The topological polar surface area (TPSA) is 68.8 Å². The van der Waals surface area contributed by atoms with Gasteiger partial charge in [0.15, 0.2) is 0 Å². The molecular weight excluding hydrogens is 390 g/mol. The highest BCUT2D eigenvalue weighted by Crippen LogP contribution is 2.30. The number of rotatable bonds is 7. The quantitative estimate of drug-likeness (QED) is 0.568. The van der Waals surface area contributed by atoms with Crippen molar-refractivity contribution >= 4 is 22.6 Å². The molecule has 2 aliphatic heterocycles. The molecule has 1 saturated heterocycles. The van der Waals surface area contributed by atoms with Crippen LogP contribution in [0, 0.1) is 0 Å². The van der Waals surface area contributed by atoms with E-state index in [0.717, 1.165) is 81.7 Å². The summed E-state index contributed by atoms with van der Waals surface area (Å²) in [4.78, 5) is 19.6. The Kier molecular flexibility index (Phi) is 5.55. The van der Waals surface area contributed by atoms with E-state index in [0.29, 0.717) is 5.56 Å². The van der Waals surface area contributed by atoms with E-state index in [9.17, 15) is 9.90 Å². The van der Waals surface area contributed by atoms with Crippen LogP contribution < -0.4 is 9.64 Å². The van der Waals surface area contributed by atoms with Gasteiger partial charge in [-0.1, -0.05) is 0 Å². The van der Waals surface area contributed by atoms with Crippen molar-refractivity contribution in [1.82, 2.24) is 9.88 Å². The molecule has 162 valence electrons. The minimum atomic E-state index is -0.874. The fourth-order valence-electron chi connectivity index (χ4n) is 4.77. The van der Waals surface area contributed by atoms with Gasteiger partial charge in [0.2, 0.25) is 0 Å². The fraction of sp³-hybridized carbons (Fsp3) is 0.400. The number of hydrogen-bond acceptors (Lipinski definition) is 4. The molecule has 3 aromatic rings. The molecule has 6 nitrogen and oxygen atoms in total. The van der Waals surface area contributed by atoms with Gasteiger partial charge in [-0.05, 0) is 73.3 Å². The summed E-state index contributed by atoms with van der Waals surface area (Å²) in [7, 11) is 0. The summed E-state index contributed by atoms with van der Waals surface area (Å²) in [6.07, 6.45) is 6.28. The number of aromatic amines is 1. The molecule has 0 amide bonds. The van der Waals surface area contributed by atoms with Crippen LogP contribution in [0.25, 0.3) is 10.9 Å². The van der Waals surface area contributed by atoms with Crippen LogP contribution >= 0.6 is 0 Å². The summed E-state index contributed by atoms with van der Waals surface area (Å²) in [6, 6.07) is 11.9. The molecule has 5 rings (SSSR count). The van der Waals surface area contributed by atoms with Gasteiger partial charge < -0.3 is 19.7 Å². The molecule has 2 N–H and O–H groups in total. The largest absolute Gasteiger partial charge is 0.493 e. The van der Waals surface area contributed by atoms with Crippen molar-refractivity contribution < 1.29 is 14.6 Å². The number of aryl methyl sites for hydroxylation is 1. The minimum absolute atomic E-state index is 0.349. The van der Waals surface area contributed by atoms with Gasteiger partial charge in [-0.15, -0.1) is 0 Å². The Bertz CT molecular complexity index is 1080. The number of anilines is 1. The molecule has 2 aromatic carbocycles. The average molecular weight is 420 g/mol. The van der Waals surface area contributed by atoms with Crippen molar-refractivity contribution in [2.45, 2.75) is 25.7 Å². The van der Waals surface area contributed by atoms with E-state index in [2.05, 4.69) is 33.0 Å². The SMILES string of the molecule is O=C(O)c1ccc2[nH]cc(CCCCN3CCN(c4ccc5c(c4)CCO5)CC3)c2c1. The van der Waals surface area contributed by atoms with Crippen LogP contribution in [0.5, 0.6) is 5.75 Å². The van der Waals surface area contributed by atoms with Gasteiger partial charge in [0.05, 0.1) is 12.2 Å². The third-order valence-corrected chi connectivity index (χ3v) is 6.60. The number of H-pyrrole nitrogens is 1. The van der Waals surface area contributed by atoms with Gasteiger partial charge in [0.1, 0.15) is 5.75 Å². The van der Waals surface area contributed by atoms with Gasteiger partial charge in [-0.2, -0.15) is 0 Å². The molecule has 0 radical (unpaired) electrons. The average Bonchev–Trinajstić information content (AvgIpc) is 3.43. The predicted molar refractivity (Wildman–Crippen MR) is 122 cm³/mol. The van der Waals surface area contributed by atoms with Crippen molar-refractivity contribution in [2.75, 3.05) is 44.2 Å². The van der Waals surface area contributed by atoms with Crippen LogP contribution in [0.1, 0.15) is 34.3 Å². The first-order valence-electron chi connectivity index (χ1n) is 11.2. The second kappa shape index (κ2) is 8.63. The summed E-state index contributed by atoms with van der Waals surface area (Å²) < 4.78 is 5.62. The zero-order valence-corrected chi connectivity index (χ0v) is 17.8. The Balaban J connectivity index is 1.09. The highest BCUT2D eigenvalue weighted by molar-refractivity contribution is 5.94. The van der Waals surface area contributed by atoms with Crippen LogP contribution in [0.3, 0.4) is 0 Å². The van der Waals surface area contributed by atoms with Crippen LogP contribution in [0.4, 0.5) is 5.69 Å². The van der Waals surface area contributed by atoms with Crippen LogP contribution in [0.15, 0.2) is 42.6 Å². The lowest BCUT2D eigenvalue weighted by molar-refractivity contribution is 0.0697. The van der Waals surface area contributed by atoms with Crippen LogP contribution in [0.2, 0.25) is 0 Å². The number of carboxylic acids is 1. The molecule has 0 saturated carbocycles. The fourth-order valence-corrected chi connectivity index (χ4v) is 4.77. The van der Waals surface area contributed by atoms with E-state index in [4.69, 9.17) is 4.74 Å². The molecule has 1 fully saturated rings. The predicted octanol–water partition coefficient (Wildman–Crippen LogP) is 3.95. The number of aromatic carboxylic acids is 1. The number of nitrogens with zero attached hydrogens (tertiary/aromatic N) is 2. The Morgan fingerprint density at radius 3 is 2.77 bits per heavy atom. The zero-order valence-electron chi connectivity index (χ0n) is 17.8. The lowest BCUT2D eigenvalue weighted by atomic mass is 10.0. The number of nitrogens with one attached hydrogen (secondary N) is 1. The summed E-state index contributed by atoms with van der Waals surface area (Å²) in [5.74, 6) is 0.179. The molecule has 31 heavy (non-hydrogen) atoms. The molecule has 0 spiro atoms. The summed E-state index contributed by atoms with van der Waals surface area (Å²) >= 11 is 0. The molecule has 0 unspecified atom stereocenters. The number of benzene rings is 2. The van der Waals surface area contributed by atoms with Gasteiger partial charge >= 0.3 is 5.97 Å². The standard InChI is InChI=1S/C25H29N3O3/c29-25(30)19-4-6-23-22(16-19)20(17-26-23)3-1-2-9-27-10-12-28(13-11-27)21-5-7-24-18(15-21)8-14-31-24/h4-7,15-17,26H,1-3,8-14H2,(H,29,30). The Labute approximate surface area is 182 Å². The molecule has 0 atom stereocenters. The number of ether oxygens (including phenoxy) is 1. The zero-order chi connectivity index (χ0) is 21.2. The molecule has 2 aliphatic rings. The highest BCUT2D eigenvalue weighted by Gasteiger charge is 2.19. The lowest BCUT2D eigenvalue weighted by Gasteiger charge is -2.36. The van der Waals surface area contributed by atoms with Gasteiger partial charge in [-0.25, -0.2) is 4.79 Å². The van der Waals surface area contributed by atoms with Gasteiger partial charge in [0.25, 0.3) is 0 Å². The van der Waals surface area contributed by atoms with E-state index in [1.165, 1.54) is 16.8 Å². The smallest absolute Gasteiger partial charge is 0.335 e. The highest BCUT2D eigenvalue weighted by atomic mass is 16.5. The maximum atomic E-state index is 11.3. The van der Waals surface area contributed by atoms with E-state index in [-0.39, 0.29) is 0 Å². The normalized spacial score (nSPS) is 16.5. The maximum Gasteiger partial charge on any atom is 0.335 e. The van der Waals surface area contributed by atoms with Crippen molar-refractivity contribution in [2.24, 2.45) is 0 Å². The van der Waals surface area contributed by atoms with Crippen LogP contribution in [-0.4, -0.2) is 60.3 Å².